The number of carbonyl (C=O) groups is 2. The van der Waals surface area contributed by atoms with Crippen molar-refractivity contribution in [1.29, 1.82) is 0 Å². The molecule has 2 atom stereocenters. The van der Waals surface area contributed by atoms with Crippen LogP contribution in [0.5, 0.6) is 0 Å². The number of methoxy groups -OCH3 is 1. The number of nitrogens with two attached hydrogens (primary N) is 1. The molecule has 1 aliphatic rings. The summed E-state index contributed by atoms with van der Waals surface area (Å²) in [6, 6.07) is 18.7. The summed E-state index contributed by atoms with van der Waals surface area (Å²) in [5.74, 6) is 0. The van der Waals surface area contributed by atoms with Crippen molar-refractivity contribution >= 4 is 12.2 Å². The maximum Gasteiger partial charge on any atom is 0.409 e. The number of nitrogens with zero attached hydrogens (tertiary/aromatic N) is 1. The fourth-order valence-corrected chi connectivity index (χ4v) is 4.84. The number of ether oxygens (including phenoxy) is 2. The van der Waals surface area contributed by atoms with Crippen LogP contribution in [0.3, 0.4) is 0 Å². The Bertz CT molecular complexity index is 917. The average Bonchev–Trinajstić information content (AvgIpc) is 2.76. The summed E-state index contributed by atoms with van der Waals surface area (Å²) in [4.78, 5) is 25.7. The van der Waals surface area contributed by atoms with Gasteiger partial charge in [0.05, 0.1) is 19.3 Å². The summed E-state index contributed by atoms with van der Waals surface area (Å²) >= 11 is 0. The minimum Gasteiger partial charge on any atom is -0.453 e. The van der Waals surface area contributed by atoms with Crippen molar-refractivity contribution in [2.75, 3.05) is 20.3 Å². The Kier molecular flexibility index (Phi) is 6.88. The molecule has 0 spiro atoms. The minimum absolute atomic E-state index is 0.223. The number of amides is 2. The first kappa shape index (κ1) is 22.7. The largest absolute Gasteiger partial charge is 0.453 e. The highest BCUT2D eigenvalue weighted by Gasteiger charge is 2.52. The zero-order chi connectivity index (χ0) is 22.5. The van der Waals surface area contributed by atoms with Crippen molar-refractivity contribution in [1.82, 2.24) is 4.90 Å². The highest BCUT2D eigenvalue weighted by Crippen LogP contribution is 2.48. The molecule has 1 unspecified atom stereocenters. The highest BCUT2D eigenvalue weighted by atomic mass is 16.5. The van der Waals surface area contributed by atoms with E-state index in [1.165, 1.54) is 7.11 Å². The summed E-state index contributed by atoms with van der Waals surface area (Å²) < 4.78 is 10.2. The monoisotopic (exact) mass is 424 g/mol. The lowest BCUT2D eigenvalue weighted by Gasteiger charge is -2.56. The van der Waals surface area contributed by atoms with E-state index in [4.69, 9.17) is 15.2 Å². The van der Waals surface area contributed by atoms with Gasteiger partial charge in [-0.05, 0) is 54.7 Å². The fourth-order valence-electron chi connectivity index (χ4n) is 4.84. The first-order valence-electron chi connectivity index (χ1n) is 10.7. The number of hydrogen-bond acceptors (Lipinski definition) is 4. The Hall–Kier alpha value is -3.02. The van der Waals surface area contributed by atoms with Crippen LogP contribution in [0.4, 0.5) is 9.59 Å². The number of carbonyl (C=O) groups excluding carboxylic acids is 2. The van der Waals surface area contributed by atoms with Crippen molar-refractivity contribution < 1.29 is 19.1 Å². The van der Waals surface area contributed by atoms with Gasteiger partial charge < -0.3 is 20.1 Å². The standard InChI is InChI=1S/C25H32N2O4/c1-24(14-16-31-22(26)28)13-8-15-27(23(29)30-3)25(24,2)18-19-9-7-12-21(17-19)20-10-5-4-6-11-20/h4-7,9-12,17H,8,13-16,18H2,1-3H3,(H2,26,28)/t24-,25?/m0/s1. The molecule has 1 aliphatic heterocycles. The van der Waals surface area contributed by atoms with Crippen molar-refractivity contribution in [2.24, 2.45) is 11.1 Å². The molecular weight excluding hydrogens is 392 g/mol. The van der Waals surface area contributed by atoms with Gasteiger partial charge in [-0.2, -0.15) is 0 Å². The van der Waals surface area contributed by atoms with E-state index in [0.29, 0.717) is 19.4 Å². The highest BCUT2D eigenvalue weighted by molar-refractivity contribution is 5.69. The molecule has 2 N–H and O–H groups in total. The molecule has 1 fully saturated rings. The maximum absolute atomic E-state index is 12.7. The van der Waals surface area contributed by atoms with Gasteiger partial charge in [-0.15, -0.1) is 0 Å². The van der Waals surface area contributed by atoms with E-state index in [2.05, 4.69) is 50.2 Å². The van der Waals surface area contributed by atoms with Gasteiger partial charge in [0.15, 0.2) is 0 Å². The third kappa shape index (κ3) is 4.84. The number of primary amides is 1. The molecule has 0 aromatic heterocycles. The van der Waals surface area contributed by atoms with Crippen LogP contribution in [0, 0.1) is 5.41 Å². The summed E-state index contributed by atoms with van der Waals surface area (Å²) in [6.07, 6.45) is 1.94. The van der Waals surface area contributed by atoms with Crippen LogP contribution in [0.15, 0.2) is 54.6 Å². The van der Waals surface area contributed by atoms with E-state index in [-0.39, 0.29) is 18.1 Å². The first-order valence-corrected chi connectivity index (χ1v) is 10.7. The maximum atomic E-state index is 12.7. The Morgan fingerprint density at radius 3 is 2.45 bits per heavy atom. The van der Waals surface area contributed by atoms with Gasteiger partial charge in [0.25, 0.3) is 0 Å². The molecule has 6 nitrogen and oxygen atoms in total. The third-order valence-corrected chi connectivity index (χ3v) is 6.88. The van der Waals surface area contributed by atoms with Crippen LogP contribution >= 0.6 is 0 Å². The van der Waals surface area contributed by atoms with Crippen LogP contribution in [-0.4, -0.2) is 42.9 Å². The van der Waals surface area contributed by atoms with E-state index < -0.39 is 11.6 Å². The molecule has 0 radical (unpaired) electrons. The van der Waals surface area contributed by atoms with E-state index in [0.717, 1.165) is 29.5 Å². The molecule has 1 saturated heterocycles. The van der Waals surface area contributed by atoms with Crippen LogP contribution in [0.2, 0.25) is 0 Å². The van der Waals surface area contributed by atoms with Crippen LogP contribution < -0.4 is 5.73 Å². The molecule has 2 aromatic rings. The van der Waals surface area contributed by atoms with Gasteiger partial charge >= 0.3 is 12.2 Å². The zero-order valence-corrected chi connectivity index (χ0v) is 18.6. The molecule has 166 valence electrons. The van der Waals surface area contributed by atoms with Crippen LogP contribution in [-0.2, 0) is 15.9 Å². The number of rotatable bonds is 6. The number of likely N-dealkylation sites (tertiary alicyclic amines) is 1. The molecule has 0 saturated carbocycles. The SMILES string of the molecule is COC(=O)N1CCC[C@@](C)(CCOC(N)=O)C1(C)Cc1cccc(-c2ccccc2)c1. The molecule has 31 heavy (non-hydrogen) atoms. The second kappa shape index (κ2) is 9.41. The molecule has 3 rings (SSSR count). The summed E-state index contributed by atoms with van der Waals surface area (Å²) in [5, 5.41) is 0. The minimum atomic E-state index is -0.776. The second-order valence-electron chi connectivity index (χ2n) is 8.72. The smallest absolute Gasteiger partial charge is 0.409 e. The molecule has 0 aliphatic carbocycles. The topological polar surface area (TPSA) is 81.9 Å². The molecule has 1 heterocycles. The lowest BCUT2D eigenvalue weighted by molar-refractivity contribution is -0.0553. The van der Waals surface area contributed by atoms with Gasteiger partial charge in [0, 0.05) is 6.54 Å². The zero-order valence-electron chi connectivity index (χ0n) is 18.6. The van der Waals surface area contributed by atoms with Crippen molar-refractivity contribution in [3.05, 3.63) is 60.2 Å². The molecule has 2 amide bonds. The first-order chi connectivity index (χ1) is 14.8. The third-order valence-electron chi connectivity index (χ3n) is 6.88. The van der Waals surface area contributed by atoms with Crippen LogP contribution in [0.1, 0.15) is 38.7 Å². The molecule has 2 aromatic carbocycles. The second-order valence-corrected chi connectivity index (χ2v) is 8.72. The lowest BCUT2D eigenvalue weighted by Crippen LogP contribution is -2.63. The van der Waals surface area contributed by atoms with E-state index >= 15 is 0 Å². The number of hydrogen-bond donors (Lipinski definition) is 1. The number of benzene rings is 2. The van der Waals surface area contributed by atoms with E-state index in [9.17, 15) is 9.59 Å². The van der Waals surface area contributed by atoms with Gasteiger partial charge in [-0.25, -0.2) is 9.59 Å². The summed E-state index contributed by atoms with van der Waals surface area (Å²) in [7, 11) is 1.42. The van der Waals surface area contributed by atoms with E-state index in [1.54, 1.807) is 0 Å². The summed E-state index contributed by atoms with van der Waals surface area (Å²) in [5.41, 5.74) is 7.80. The quantitative estimate of drug-likeness (QED) is 0.707. The van der Waals surface area contributed by atoms with Crippen LogP contribution in [0.25, 0.3) is 11.1 Å². The van der Waals surface area contributed by atoms with Crippen molar-refractivity contribution in [3.63, 3.8) is 0 Å². The van der Waals surface area contributed by atoms with Gasteiger partial charge in [-0.1, -0.05) is 61.5 Å². The number of piperidine rings is 1. The Labute approximate surface area is 184 Å². The predicted molar refractivity (Wildman–Crippen MR) is 121 cm³/mol. The predicted octanol–water partition coefficient (Wildman–Crippen LogP) is 5.01. The van der Waals surface area contributed by atoms with E-state index in [1.807, 2.05) is 23.1 Å². The van der Waals surface area contributed by atoms with Gasteiger partial charge in [-0.3, -0.25) is 0 Å². The Morgan fingerprint density at radius 2 is 1.77 bits per heavy atom. The van der Waals surface area contributed by atoms with Gasteiger partial charge in [0.2, 0.25) is 0 Å². The van der Waals surface area contributed by atoms with Gasteiger partial charge in [0.1, 0.15) is 0 Å². The molecule has 0 bridgehead atoms. The lowest BCUT2D eigenvalue weighted by atomic mass is 9.61. The summed E-state index contributed by atoms with van der Waals surface area (Å²) in [6.45, 7) is 5.13. The van der Waals surface area contributed by atoms with Crippen molar-refractivity contribution in [3.8, 4) is 11.1 Å². The average molecular weight is 425 g/mol. The molecular formula is C25H32N2O4. The Balaban J connectivity index is 1.95. The van der Waals surface area contributed by atoms with Crippen molar-refractivity contribution in [2.45, 2.75) is 45.1 Å². The molecule has 6 heteroatoms. The Morgan fingerprint density at radius 1 is 1.06 bits per heavy atom. The fraction of sp³-hybridized carbons (Fsp3) is 0.440. The normalized spacial score (nSPS) is 23.3.